The molecule has 0 atom stereocenters. The summed E-state index contributed by atoms with van der Waals surface area (Å²) in [5.41, 5.74) is 6.27. The van der Waals surface area contributed by atoms with Gasteiger partial charge in [-0.1, -0.05) is 34.9 Å². The molecular formula is C26H40O4. The molecule has 1 rings (SSSR count). The molecule has 168 valence electrons. The molecule has 4 nitrogen and oxygen atoms in total. The van der Waals surface area contributed by atoms with E-state index in [2.05, 4.69) is 45.9 Å². The lowest BCUT2D eigenvalue weighted by molar-refractivity contribution is 0.302. The van der Waals surface area contributed by atoms with Gasteiger partial charge in [-0.05, 0) is 66.7 Å². The van der Waals surface area contributed by atoms with Gasteiger partial charge in [-0.3, -0.25) is 0 Å². The first kappa shape index (κ1) is 25.7. The lowest BCUT2D eigenvalue weighted by Crippen LogP contribution is -2.04. The van der Waals surface area contributed by atoms with Crippen molar-refractivity contribution in [3.8, 4) is 23.0 Å². The fourth-order valence-electron chi connectivity index (χ4n) is 3.51. The summed E-state index contributed by atoms with van der Waals surface area (Å²) in [5, 5.41) is 0. The molecule has 30 heavy (non-hydrogen) atoms. The Labute approximate surface area is 183 Å². The fraction of sp³-hybridized carbons (Fsp3) is 0.538. The topological polar surface area (TPSA) is 36.9 Å². The van der Waals surface area contributed by atoms with Gasteiger partial charge in [-0.2, -0.15) is 0 Å². The molecule has 0 spiro atoms. The Balaban J connectivity index is 2.94. The Morgan fingerprint density at radius 3 is 1.60 bits per heavy atom. The lowest BCUT2D eigenvalue weighted by atomic mass is 9.99. The van der Waals surface area contributed by atoms with Crippen molar-refractivity contribution in [2.45, 2.75) is 66.7 Å². The van der Waals surface area contributed by atoms with Gasteiger partial charge in [0.2, 0.25) is 11.5 Å². The molecule has 0 aromatic heterocycles. The predicted molar refractivity (Wildman–Crippen MR) is 127 cm³/mol. The van der Waals surface area contributed by atoms with Crippen LogP contribution in [-0.2, 0) is 6.42 Å². The molecule has 0 N–H and O–H groups in total. The average molecular weight is 417 g/mol. The Bertz CT molecular complexity index is 781. The van der Waals surface area contributed by atoms with Gasteiger partial charge in [0.05, 0.1) is 28.4 Å². The van der Waals surface area contributed by atoms with Crippen LogP contribution in [-0.4, -0.2) is 28.4 Å². The Morgan fingerprint density at radius 1 is 0.633 bits per heavy atom. The molecular weight excluding hydrogens is 376 g/mol. The minimum Gasteiger partial charge on any atom is -0.492 e. The van der Waals surface area contributed by atoms with Gasteiger partial charge >= 0.3 is 0 Å². The highest BCUT2D eigenvalue weighted by Gasteiger charge is 2.24. The molecule has 0 fully saturated rings. The summed E-state index contributed by atoms with van der Waals surface area (Å²) in [5.74, 6) is 2.52. The molecule has 0 aliphatic rings. The van der Waals surface area contributed by atoms with Crippen LogP contribution in [0.4, 0.5) is 0 Å². The van der Waals surface area contributed by atoms with Crippen LogP contribution in [0.1, 0.15) is 64.5 Å². The first-order valence-electron chi connectivity index (χ1n) is 10.6. The van der Waals surface area contributed by atoms with E-state index in [1.807, 2.05) is 6.92 Å². The fourth-order valence-corrected chi connectivity index (χ4v) is 3.51. The summed E-state index contributed by atoms with van der Waals surface area (Å²) in [6, 6.07) is 0. The summed E-state index contributed by atoms with van der Waals surface area (Å²) in [6.07, 6.45) is 12.1. The van der Waals surface area contributed by atoms with Crippen LogP contribution in [0.2, 0.25) is 0 Å². The second-order valence-corrected chi connectivity index (χ2v) is 7.90. The van der Waals surface area contributed by atoms with Crippen molar-refractivity contribution in [2.24, 2.45) is 0 Å². The molecule has 0 unspecified atom stereocenters. The van der Waals surface area contributed by atoms with Crippen molar-refractivity contribution in [2.75, 3.05) is 28.4 Å². The van der Waals surface area contributed by atoms with Crippen LogP contribution >= 0.6 is 0 Å². The van der Waals surface area contributed by atoms with Gasteiger partial charge in [0.25, 0.3) is 0 Å². The first-order chi connectivity index (χ1) is 14.3. The molecule has 0 heterocycles. The van der Waals surface area contributed by atoms with Crippen molar-refractivity contribution in [3.05, 3.63) is 46.1 Å². The third-order valence-electron chi connectivity index (χ3n) is 5.28. The number of methoxy groups -OCH3 is 4. The zero-order chi connectivity index (χ0) is 22.7. The summed E-state index contributed by atoms with van der Waals surface area (Å²) >= 11 is 0. The van der Waals surface area contributed by atoms with Crippen molar-refractivity contribution >= 4 is 0 Å². The first-order valence-corrected chi connectivity index (χ1v) is 10.6. The van der Waals surface area contributed by atoms with E-state index in [9.17, 15) is 0 Å². The zero-order valence-corrected chi connectivity index (χ0v) is 20.4. The van der Waals surface area contributed by atoms with E-state index in [1.54, 1.807) is 28.4 Å². The number of benzene rings is 1. The Kier molecular flexibility index (Phi) is 11.2. The lowest BCUT2D eigenvalue weighted by Gasteiger charge is -2.21. The van der Waals surface area contributed by atoms with E-state index >= 15 is 0 Å². The van der Waals surface area contributed by atoms with E-state index in [-0.39, 0.29) is 0 Å². The van der Waals surface area contributed by atoms with E-state index < -0.39 is 0 Å². The van der Waals surface area contributed by atoms with Gasteiger partial charge in [-0.15, -0.1) is 0 Å². The van der Waals surface area contributed by atoms with Gasteiger partial charge < -0.3 is 18.9 Å². The Morgan fingerprint density at radius 2 is 1.10 bits per heavy atom. The maximum Gasteiger partial charge on any atom is 0.207 e. The van der Waals surface area contributed by atoms with Crippen LogP contribution in [0, 0.1) is 6.92 Å². The molecule has 1 aromatic rings. The van der Waals surface area contributed by atoms with E-state index in [0.717, 1.165) is 43.2 Å². The third-order valence-corrected chi connectivity index (χ3v) is 5.28. The van der Waals surface area contributed by atoms with Crippen molar-refractivity contribution in [1.29, 1.82) is 0 Å². The molecule has 0 aliphatic heterocycles. The van der Waals surface area contributed by atoms with Gasteiger partial charge in [0.15, 0.2) is 11.5 Å². The van der Waals surface area contributed by atoms with Crippen molar-refractivity contribution in [3.63, 3.8) is 0 Å². The largest absolute Gasteiger partial charge is 0.492 e. The highest BCUT2D eigenvalue weighted by atomic mass is 16.5. The molecule has 1 aromatic carbocycles. The zero-order valence-electron chi connectivity index (χ0n) is 20.4. The summed E-state index contributed by atoms with van der Waals surface area (Å²) in [7, 11) is 6.53. The minimum atomic E-state index is 0.563. The van der Waals surface area contributed by atoms with Gasteiger partial charge in [0.1, 0.15) is 0 Å². The molecule has 0 amide bonds. The number of allylic oxidation sites excluding steroid dienone is 6. The molecule has 0 bridgehead atoms. The molecule has 0 saturated heterocycles. The maximum atomic E-state index is 5.69. The van der Waals surface area contributed by atoms with Gasteiger partial charge in [0, 0.05) is 11.1 Å². The molecule has 0 radical (unpaired) electrons. The van der Waals surface area contributed by atoms with Crippen LogP contribution < -0.4 is 18.9 Å². The maximum absolute atomic E-state index is 5.69. The second-order valence-electron chi connectivity index (χ2n) is 7.90. The predicted octanol–water partition coefficient (Wildman–Crippen LogP) is 6.99. The van der Waals surface area contributed by atoms with E-state index in [1.165, 1.54) is 16.7 Å². The number of ether oxygens (including phenoxy) is 4. The van der Waals surface area contributed by atoms with Crippen LogP contribution in [0.3, 0.4) is 0 Å². The Hall–Kier alpha value is -2.36. The monoisotopic (exact) mass is 416 g/mol. The minimum absolute atomic E-state index is 0.563. The highest BCUT2D eigenvalue weighted by molar-refractivity contribution is 5.67. The normalized spacial score (nSPS) is 11.9. The van der Waals surface area contributed by atoms with Crippen LogP contribution in [0.15, 0.2) is 34.9 Å². The van der Waals surface area contributed by atoms with Gasteiger partial charge in [-0.25, -0.2) is 0 Å². The van der Waals surface area contributed by atoms with Crippen LogP contribution in [0.5, 0.6) is 23.0 Å². The third kappa shape index (κ3) is 7.16. The highest BCUT2D eigenvalue weighted by Crippen LogP contribution is 2.49. The smallest absolute Gasteiger partial charge is 0.207 e. The second kappa shape index (κ2) is 13.0. The van der Waals surface area contributed by atoms with E-state index in [0.29, 0.717) is 23.0 Å². The number of hydrogen-bond acceptors (Lipinski definition) is 4. The van der Waals surface area contributed by atoms with E-state index in [4.69, 9.17) is 18.9 Å². The quantitative estimate of drug-likeness (QED) is 0.344. The summed E-state index contributed by atoms with van der Waals surface area (Å²) in [4.78, 5) is 0. The average Bonchev–Trinajstić information content (AvgIpc) is 2.71. The molecule has 4 heteroatoms. The summed E-state index contributed by atoms with van der Waals surface area (Å²) < 4.78 is 22.4. The molecule has 0 aliphatic carbocycles. The number of rotatable bonds is 12. The standard InChI is InChI=1S/C26H40O4/c1-18(2)12-10-13-19(3)14-11-15-20(4)16-17-22-21(5)23(27-6)25(29-8)26(30-9)24(22)28-7/h12,14,16H,10-11,13,15,17H2,1-9H3. The molecule has 0 saturated carbocycles. The van der Waals surface area contributed by atoms with Crippen molar-refractivity contribution < 1.29 is 18.9 Å². The van der Waals surface area contributed by atoms with Crippen LogP contribution in [0.25, 0.3) is 0 Å². The van der Waals surface area contributed by atoms with Crippen molar-refractivity contribution in [1.82, 2.24) is 0 Å². The SMILES string of the molecule is COc1c(C)c(CC=C(C)CCC=C(C)CCC=C(C)C)c(OC)c(OC)c1OC. The summed E-state index contributed by atoms with van der Waals surface area (Å²) in [6.45, 7) is 10.7. The number of hydrogen-bond donors (Lipinski definition) is 0.